The Hall–Kier alpha value is -16.7. The summed E-state index contributed by atoms with van der Waals surface area (Å²) in [6.45, 7) is 7.63. The molecule has 4 aliphatic rings. The first kappa shape index (κ1) is 108. The zero-order valence-corrected chi connectivity index (χ0v) is 82.7. The van der Waals surface area contributed by atoms with E-state index in [1.807, 2.05) is 67.6 Å². The first-order valence-electron chi connectivity index (χ1n) is 47.7. The van der Waals surface area contributed by atoms with Crippen molar-refractivity contribution in [3.8, 4) is 0 Å². The molecule has 4 aliphatic heterocycles. The van der Waals surface area contributed by atoms with Crippen LogP contribution in [0.2, 0.25) is 0 Å². The van der Waals surface area contributed by atoms with E-state index in [4.69, 9.17) is 71.6 Å². The number of H-pyrrole nitrogens is 3. The lowest BCUT2D eigenvalue weighted by atomic mass is 9.99. The van der Waals surface area contributed by atoms with Gasteiger partial charge in [-0.3, -0.25) is 59.6 Å². The minimum absolute atomic E-state index is 0.0155. The molecule has 7 unspecified atom stereocenters. The minimum Gasteiger partial charge on any atom is -0.511 e. The van der Waals surface area contributed by atoms with Gasteiger partial charge in [-0.15, -0.1) is 0 Å². The lowest BCUT2D eigenvalue weighted by Crippen LogP contribution is -2.42. The minimum atomic E-state index is -1.14. The highest BCUT2D eigenvalue weighted by atomic mass is 79.9. The maximum absolute atomic E-state index is 14.7. The number of hydrogen-bond donors (Lipinski definition) is 16. The molecule has 0 spiro atoms. The summed E-state index contributed by atoms with van der Waals surface area (Å²) in [7, 11) is 3.65. The summed E-state index contributed by atoms with van der Waals surface area (Å²) in [6.07, 6.45) is 5.42. The Balaban J connectivity index is 0.000000164. The fourth-order valence-corrected chi connectivity index (χ4v) is 17.5. The number of pyridine rings is 1. The highest BCUT2D eigenvalue weighted by Crippen LogP contribution is 2.32. The summed E-state index contributed by atoms with van der Waals surface area (Å²) in [6, 6.07) is 50.2. The number of ether oxygens (including phenoxy) is 3. The molecule has 0 fully saturated rings. The predicted molar refractivity (Wildman–Crippen MR) is 551 cm³/mol. The number of aliphatic hydroxyl groups is 1. The number of amides is 5. The molecule has 147 heavy (non-hydrogen) atoms. The largest absolute Gasteiger partial charge is 0.511 e. The number of ketones is 3. The lowest BCUT2D eigenvalue weighted by Gasteiger charge is -2.17. The van der Waals surface area contributed by atoms with Crippen molar-refractivity contribution >= 4 is 159 Å². The molecule has 9 heterocycles. The highest BCUT2D eigenvalue weighted by molar-refractivity contribution is 9.10. The monoisotopic (exact) mass is 2070 g/mol. The molecule has 0 saturated carbocycles. The number of aliphatic hydroxyl groups excluding tert-OH is 1. The first-order valence-corrected chi connectivity index (χ1v) is 48.5. The van der Waals surface area contributed by atoms with Gasteiger partial charge in [0.25, 0.3) is 23.6 Å². The maximum Gasteiger partial charge on any atom is 0.328 e. The van der Waals surface area contributed by atoms with Gasteiger partial charge in [0.15, 0.2) is 11.4 Å². The van der Waals surface area contributed by atoms with E-state index in [-0.39, 0.29) is 134 Å². The summed E-state index contributed by atoms with van der Waals surface area (Å²) >= 11 is 3.44. The maximum atomic E-state index is 14.7. The molecule has 12 aromatic rings. The molecule has 16 rings (SSSR count). The van der Waals surface area contributed by atoms with E-state index in [9.17, 15) is 62.2 Å². The number of aromatic nitrogens is 5. The summed E-state index contributed by atoms with van der Waals surface area (Å²) in [5.41, 5.74) is 30.7. The van der Waals surface area contributed by atoms with Crippen molar-refractivity contribution in [3.63, 3.8) is 0 Å². The third kappa shape index (κ3) is 29.1. The number of nitrogens with two attached hydrogens (primary N) is 3. The number of halogens is 2. The number of Topliss-reactive ketones (excluding diaryl/α,β-unsaturated/α-hetero) is 3. The van der Waals surface area contributed by atoms with Crippen LogP contribution in [0.5, 0.6) is 0 Å². The average Bonchev–Trinajstić information content (AvgIpc) is 1.58. The van der Waals surface area contributed by atoms with Crippen molar-refractivity contribution in [2.45, 2.75) is 178 Å². The molecule has 39 nitrogen and oxygen atoms in total. The molecule has 5 amide bonds. The number of nitrogen functional groups attached to an aromatic ring is 3. The number of benzene rings is 7. The number of methoxy groups -OCH3 is 3. The number of nitrogens with one attached hydrogen (secondary N) is 12. The quantitative estimate of drug-likeness (QED) is 0.00422. The van der Waals surface area contributed by atoms with E-state index in [1.165, 1.54) is 38.7 Å². The molecule has 766 valence electrons. The van der Waals surface area contributed by atoms with E-state index in [2.05, 4.69) is 102 Å². The van der Waals surface area contributed by atoms with Crippen molar-refractivity contribution in [2.24, 2.45) is 32.7 Å². The van der Waals surface area contributed by atoms with Crippen molar-refractivity contribution in [1.82, 2.24) is 56.8 Å². The van der Waals surface area contributed by atoms with Crippen molar-refractivity contribution in [3.05, 3.63) is 283 Å². The molecule has 7 atom stereocenters. The van der Waals surface area contributed by atoms with Gasteiger partial charge < -0.3 is 102 Å². The molecule has 41 heteroatoms. The van der Waals surface area contributed by atoms with Crippen LogP contribution < -0.4 is 49.1 Å². The van der Waals surface area contributed by atoms with E-state index >= 15 is 0 Å². The Labute approximate surface area is 851 Å². The molecule has 0 bridgehead atoms. The number of hydrogen-bond acceptors (Lipinski definition) is 28. The summed E-state index contributed by atoms with van der Waals surface area (Å²) in [5, 5.41) is 63.3. The molecule has 0 aliphatic carbocycles. The van der Waals surface area contributed by atoms with Crippen LogP contribution in [0.1, 0.15) is 208 Å². The standard InChI is InChI=1S/C28H31N5O5.C26H26BrN5O5.C26H26FN5O5.C26H31N5O4/c1-3-20-21-6-4-5-7-22(21)31-25(20)27(35)32-23(28(36)37-2)13-12-18(34)14-19-15-24(33-38-19)16-8-10-17(11-9-16)26(29)30;2*1-36-26(35)20(31-25(34)23-22(27)18-4-2-3-5-19(18)30-23)11-10-16(33)12-17-13-21(32-37-17)14-6-8-15(9-7-14)24(28)29;1-17(32)20(30-25(34)26-31-22-7-3-4-8-23(22)35-26)13-15-28-24(33)9-5-2-6-19-11-10-18-16-27-14-12-21(18)29-19/h4-11,19,23,31H,3,12-15H2,1-2H3,(H3,29,30)(H,32,35);2*2-9,17,20,30H,10-13H2,1H3,(H3,28,29)(H,31,34);3-4,7-8,10-11,20,27,32H,1-2,5-6,9,12-16H2,(H,28,33)(H,30,34). The number of carbonyl (C=O) groups excluding carboxylic acids is 11. The van der Waals surface area contributed by atoms with Gasteiger partial charge in [-0.1, -0.05) is 168 Å². The fraction of sp³-hybridized carbons (Fsp3) is 0.311. The van der Waals surface area contributed by atoms with Gasteiger partial charge in [-0.25, -0.2) is 23.8 Å². The third-order valence-electron chi connectivity index (χ3n) is 24.8. The number of amidine groups is 3. The number of oxazole rings is 1. The molecular formula is C106H114BrFN20O19. The van der Waals surface area contributed by atoms with Gasteiger partial charge in [0.1, 0.15) is 99.7 Å². The van der Waals surface area contributed by atoms with Crippen LogP contribution in [0.3, 0.4) is 0 Å². The number of rotatable bonds is 42. The van der Waals surface area contributed by atoms with Gasteiger partial charge >= 0.3 is 23.8 Å². The zero-order valence-electron chi connectivity index (χ0n) is 81.1. The zero-order chi connectivity index (χ0) is 105. The van der Waals surface area contributed by atoms with Crippen molar-refractivity contribution in [1.29, 1.82) is 16.2 Å². The van der Waals surface area contributed by atoms with Gasteiger partial charge in [0.05, 0.1) is 49.0 Å². The normalized spacial score (nSPS) is 15.1. The third-order valence-corrected chi connectivity index (χ3v) is 25.6. The molecule has 0 radical (unpaired) electrons. The Morgan fingerprint density at radius 1 is 0.503 bits per heavy atom. The number of aromatic amines is 3. The van der Waals surface area contributed by atoms with E-state index in [0.717, 1.165) is 88.5 Å². The smallest absolute Gasteiger partial charge is 0.328 e. The van der Waals surface area contributed by atoms with Gasteiger partial charge in [-0.2, -0.15) is 0 Å². The van der Waals surface area contributed by atoms with E-state index in [1.54, 1.807) is 103 Å². The number of esters is 3. The van der Waals surface area contributed by atoms with Gasteiger partial charge in [-0.05, 0) is 138 Å². The number of para-hydroxylation sites is 5. The molecule has 7 aromatic carbocycles. The number of nitrogens with zero attached hydrogens (tertiary/aromatic N) is 5. The molecule has 19 N–H and O–H groups in total. The number of fused-ring (bicyclic) bond motifs is 5. The van der Waals surface area contributed by atoms with Gasteiger partial charge in [0, 0.05) is 151 Å². The van der Waals surface area contributed by atoms with E-state index < -0.39 is 89.8 Å². The van der Waals surface area contributed by atoms with Crippen LogP contribution in [0, 0.1) is 22.0 Å². The fourth-order valence-electron chi connectivity index (χ4n) is 16.9. The number of aryl methyl sites for hydroxylation is 2. The van der Waals surface area contributed by atoms with Crippen molar-refractivity contribution < 1.29 is 95.4 Å². The molecule has 5 aromatic heterocycles. The number of oxime groups is 3. The molecule has 0 saturated heterocycles. The predicted octanol–water partition coefficient (Wildman–Crippen LogP) is 12.4. The Kier molecular flexibility index (Phi) is 37.7. The van der Waals surface area contributed by atoms with Gasteiger partial charge in [0.2, 0.25) is 5.91 Å². The Morgan fingerprint density at radius 3 is 1.38 bits per heavy atom. The Bertz CT molecular complexity index is 6770. The van der Waals surface area contributed by atoms with Crippen LogP contribution >= 0.6 is 15.9 Å². The van der Waals surface area contributed by atoms with Crippen LogP contribution in [-0.2, 0) is 88.1 Å². The number of unbranched alkanes of at least 4 members (excludes halogenated alkanes) is 1. The topological polar surface area (TPSA) is 609 Å². The summed E-state index contributed by atoms with van der Waals surface area (Å²) in [5.74, 6) is -5.84. The summed E-state index contributed by atoms with van der Waals surface area (Å²) < 4.78 is 35.2. The average molecular weight is 2070 g/mol. The number of carbonyl (C=O) groups is 11. The second-order valence-corrected chi connectivity index (χ2v) is 35.9. The second-order valence-electron chi connectivity index (χ2n) is 35.2. The lowest BCUT2D eigenvalue weighted by molar-refractivity contribution is -0.144. The second kappa shape index (κ2) is 51.5. The SMILES string of the molecule is C=C(O)C(CCNC(=O)CCCCc1ccc2c(n1)CCNC2)NC(=O)c1nc2ccccc2o1.CCc1c(C(=O)NC(CCC(=O)CC2CC(c3ccc(C(=N)N)cc3)=NO2)C(=O)OC)[nH]c2ccccc12.COC(=O)C(CCC(=O)CC1CC(c2ccc(C(=N)N)cc2)=NO1)NC(=O)c1[nH]c2ccccc2c1Br.COC(=O)C(CCC(=O)CC1CC(c2ccc(C(=N)N)cc2)=NO1)NC(=O)c1[nH]c2ccccc2c1F. The van der Waals surface area contributed by atoms with Crippen LogP contribution in [-0.4, -0.2) is 206 Å². The van der Waals surface area contributed by atoms with Crippen LogP contribution in [0.4, 0.5) is 4.39 Å². The van der Waals surface area contributed by atoms with E-state index in [0.29, 0.717) is 99.1 Å². The van der Waals surface area contributed by atoms with Crippen molar-refractivity contribution in [2.75, 3.05) is 34.4 Å². The highest BCUT2D eigenvalue weighted by Gasteiger charge is 2.35. The molecular weight excluding hydrogens is 1960 g/mol. The van der Waals surface area contributed by atoms with Crippen LogP contribution in [0.15, 0.2) is 219 Å². The Morgan fingerprint density at radius 2 is 0.925 bits per heavy atom. The summed E-state index contributed by atoms with van der Waals surface area (Å²) in [4.78, 5) is 172. The first-order chi connectivity index (χ1) is 70.8. The van der Waals surface area contributed by atoms with Crippen LogP contribution in [0.25, 0.3) is 43.8 Å².